The molecule has 0 unspecified atom stereocenters. The Labute approximate surface area is 169 Å². The van der Waals surface area contributed by atoms with Crippen LogP contribution >= 0.6 is 15.9 Å². The van der Waals surface area contributed by atoms with Crippen molar-refractivity contribution in [2.45, 2.75) is 19.5 Å². The number of fused-ring (bicyclic) bond motifs is 2. The quantitative estimate of drug-likeness (QED) is 0.514. The standard InChI is InChI=1S/C21H18BrN5O/c22-16-4-1-5-18-19(16)14(10-24-18)11-27-8-6-17-15(12-27)21(28)26-20(25-17)13-3-2-7-23-9-13/h1-5,7,9-10,24H,6,8,11-12H2,(H,25,26,28). The second kappa shape index (κ2) is 7.00. The van der Waals surface area contributed by atoms with Gasteiger partial charge in [0.2, 0.25) is 0 Å². The monoisotopic (exact) mass is 435 g/mol. The third-order valence-electron chi connectivity index (χ3n) is 5.21. The molecule has 1 aromatic carbocycles. The van der Waals surface area contributed by atoms with Crippen LogP contribution in [0.4, 0.5) is 0 Å². The van der Waals surface area contributed by atoms with Gasteiger partial charge in [0.05, 0.1) is 11.3 Å². The molecule has 3 aromatic heterocycles. The molecule has 4 heterocycles. The molecule has 1 aliphatic heterocycles. The number of nitrogens with zero attached hydrogens (tertiary/aromatic N) is 3. The molecule has 0 radical (unpaired) electrons. The first kappa shape index (κ1) is 17.3. The highest BCUT2D eigenvalue weighted by atomic mass is 79.9. The molecule has 1 aliphatic rings. The van der Waals surface area contributed by atoms with Gasteiger partial charge in [0.1, 0.15) is 5.82 Å². The molecule has 7 heteroatoms. The average molecular weight is 436 g/mol. The van der Waals surface area contributed by atoms with Crippen LogP contribution in [0.2, 0.25) is 0 Å². The maximum Gasteiger partial charge on any atom is 0.255 e. The molecule has 0 spiro atoms. The normalized spacial score (nSPS) is 14.3. The largest absolute Gasteiger partial charge is 0.361 e. The van der Waals surface area contributed by atoms with Crippen molar-refractivity contribution < 1.29 is 0 Å². The molecule has 0 saturated carbocycles. The lowest BCUT2D eigenvalue weighted by molar-refractivity contribution is 0.242. The van der Waals surface area contributed by atoms with Crippen molar-refractivity contribution in [2.75, 3.05) is 6.54 Å². The summed E-state index contributed by atoms with van der Waals surface area (Å²) in [4.78, 5) is 30.1. The molecule has 28 heavy (non-hydrogen) atoms. The molecule has 5 rings (SSSR count). The Morgan fingerprint density at radius 3 is 3.00 bits per heavy atom. The summed E-state index contributed by atoms with van der Waals surface area (Å²) < 4.78 is 1.08. The van der Waals surface area contributed by atoms with E-state index in [4.69, 9.17) is 4.98 Å². The van der Waals surface area contributed by atoms with Crippen molar-refractivity contribution in [3.8, 4) is 11.4 Å². The van der Waals surface area contributed by atoms with Gasteiger partial charge in [-0.1, -0.05) is 22.0 Å². The smallest absolute Gasteiger partial charge is 0.255 e. The fraction of sp³-hybridized carbons (Fsp3) is 0.190. The van der Waals surface area contributed by atoms with Crippen LogP contribution in [-0.4, -0.2) is 31.4 Å². The fourth-order valence-electron chi connectivity index (χ4n) is 3.83. The Bertz CT molecular complexity index is 1210. The summed E-state index contributed by atoms with van der Waals surface area (Å²) in [5.74, 6) is 0.589. The first-order valence-electron chi connectivity index (χ1n) is 9.18. The number of aromatic nitrogens is 4. The second-order valence-corrected chi connectivity index (χ2v) is 7.87. The van der Waals surface area contributed by atoms with Crippen molar-refractivity contribution in [2.24, 2.45) is 0 Å². The summed E-state index contributed by atoms with van der Waals surface area (Å²) in [6.07, 6.45) is 6.24. The minimum Gasteiger partial charge on any atom is -0.361 e. The van der Waals surface area contributed by atoms with Crippen molar-refractivity contribution in [3.63, 3.8) is 0 Å². The molecule has 0 fully saturated rings. The zero-order valence-electron chi connectivity index (χ0n) is 15.1. The van der Waals surface area contributed by atoms with Gasteiger partial charge in [0, 0.05) is 65.6 Å². The van der Waals surface area contributed by atoms with E-state index >= 15 is 0 Å². The molecule has 4 aromatic rings. The SMILES string of the molecule is O=c1[nH]c(-c2cccnc2)nc2c1CN(Cc1c[nH]c3cccc(Br)c13)CC2. The molecule has 0 bridgehead atoms. The van der Waals surface area contributed by atoms with Crippen LogP contribution in [0.25, 0.3) is 22.3 Å². The summed E-state index contributed by atoms with van der Waals surface area (Å²) >= 11 is 3.65. The molecule has 2 N–H and O–H groups in total. The minimum absolute atomic E-state index is 0.0614. The van der Waals surface area contributed by atoms with Gasteiger partial charge in [-0.3, -0.25) is 14.7 Å². The summed E-state index contributed by atoms with van der Waals surface area (Å²) in [7, 11) is 0. The third kappa shape index (κ3) is 3.06. The molecule has 6 nitrogen and oxygen atoms in total. The van der Waals surface area contributed by atoms with Crippen LogP contribution in [0.1, 0.15) is 16.8 Å². The fourth-order valence-corrected chi connectivity index (χ4v) is 4.45. The average Bonchev–Trinajstić information content (AvgIpc) is 3.13. The molecule has 0 saturated heterocycles. The van der Waals surface area contributed by atoms with E-state index in [1.54, 1.807) is 12.4 Å². The van der Waals surface area contributed by atoms with E-state index in [1.807, 2.05) is 18.2 Å². The zero-order valence-corrected chi connectivity index (χ0v) is 16.7. The molecular weight excluding hydrogens is 418 g/mol. The summed E-state index contributed by atoms with van der Waals surface area (Å²) in [5.41, 5.74) is 4.75. The number of rotatable bonds is 3. The van der Waals surface area contributed by atoms with Crippen LogP contribution in [0, 0.1) is 0 Å². The molecule has 0 amide bonds. The number of benzene rings is 1. The van der Waals surface area contributed by atoms with Crippen molar-refractivity contribution in [1.82, 2.24) is 24.8 Å². The van der Waals surface area contributed by atoms with Crippen LogP contribution < -0.4 is 5.56 Å². The van der Waals surface area contributed by atoms with Gasteiger partial charge in [0.25, 0.3) is 5.56 Å². The topological polar surface area (TPSA) is 77.7 Å². The van der Waals surface area contributed by atoms with Crippen molar-refractivity contribution in [3.05, 3.63) is 80.6 Å². The lowest BCUT2D eigenvalue weighted by Gasteiger charge is -2.27. The second-order valence-electron chi connectivity index (χ2n) is 7.02. The van der Waals surface area contributed by atoms with E-state index in [2.05, 4.69) is 54.1 Å². The zero-order chi connectivity index (χ0) is 19.1. The third-order valence-corrected chi connectivity index (χ3v) is 5.87. The van der Waals surface area contributed by atoms with E-state index in [1.165, 1.54) is 10.9 Å². The minimum atomic E-state index is -0.0614. The molecular formula is C21H18BrN5O. The Morgan fingerprint density at radius 2 is 2.14 bits per heavy atom. The first-order chi connectivity index (χ1) is 13.7. The van der Waals surface area contributed by atoms with Crippen molar-refractivity contribution >= 4 is 26.8 Å². The first-order valence-corrected chi connectivity index (χ1v) is 9.97. The van der Waals surface area contributed by atoms with Gasteiger partial charge < -0.3 is 9.97 Å². The number of halogens is 1. The van der Waals surface area contributed by atoms with Crippen LogP contribution in [-0.2, 0) is 19.5 Å². The Kier molecular flexibility index (Phi) is 4.33. The molecule has 140 valence electrons. The summed E-state index contributed by atoms with van der Waals surface area (Å²) in [5, 5.41) is 1.20. The Morgan fingerprint density at radius 1 is 1.21 bits per heavy atom. The number of H-pyrrole nitrogens is 2. The van der Waals surface area contributed by atoms with Crippen molar-refractivity contribution in [1.29, 1.82) is 0 Å². The highest BCUT2D eigenvalue weighted by Gasteiger charge is 2.22. The van der Waals surface area contributed by atoms with Crippen LogP contribution in [0.3, 0.4) is 0 Å². The van der Waals surface area contributed by atoms with E-state index in [-0.39, 0.29) is 5.56 Å². The maximum absolute atomic E-state index is 12.7. The summed E-state index contributed by atoms with van der Waals surface area (Å²) in [6.45, 7) is 2.25. The van der Waals surface area contributed by atoms with Gasteiger partial charge in [-0.2, -0.15) is 0 Å². The van der Waals surface area contributed by atoms with E-state index in [9.17, 15) is 4.79 Å². The van der Waals surface area contributed by atoms with Crippen LogP contribution in [0.5, 0.6) is 0 Å². The van der Waals surface area contributed by atoms with E-state index in [0.717, 1.165) is 46.3 Å². The van der Waals surface area contributed by atoms with Gasteiger partial charge in [-0.05, 0) is 29.8 Å². The van der Waals surface area contributed by atoms with Gasteiger partial charge >= 0.3 is 0 Å². The van der Waals surface area contributed by atoms with Gasteiger partial charge in [0.15, 0.2) is 0 Å². The Hall–Kier alpha value is -2.77. The number of nitrogens with one attached hydrogen (secondary N) is 2. The lowest BCUT2D eigenvalue weighted by atomic mass is 10.1. The van der Waals surface area contributed by atoms with Gasteiger partial charge in [-0.25, -0.2) is 4.98 Å². The maximum atomic E-state index is 12.7. The van der Waals surface area contributed by atoms with E-state index < -0.39 is 0 Å². The number of pyridine rings is 1. The number of hydrogen-bond donors (Lipinski definition) is 2. The highest BCUT2D eigenvalue weighted by Crippen LogP contribution is 2.29. The molecule has 0 aliphatic carbocycles. The number of hydrogen-bond acceptors (Lipinski definition) is 4. The predicted octanol–water partition coefficient (Wildman–Crippen LogP) is 3.63. The predicted molar refractivity (Wildman–Crippen MR) is 112 cm³/mol. The lowest BCUT2D eigenvalue weighted by Crippen LogP contribution is -2.35. The summed E-state index contributed by atoms with van der Waals surface area (Å²) in [6, 6.07) is 9.90. The van der Waals surface area contributed by atoms with Gasteiger partial charge in [-0.15, -0.1) is 0 Å². The van der Waals surface area contributed by atoms with E-state index in [0.29, 0.717) is 12.4 Å². The Balaban J connectivity index is 1.43. The molecule has 0 atom stereocenters. The highest BCUT2D eigenvalue weighted by molar-refractivity contribution is 9.10. The number of aromatic amines is 2. The van der Waals surface area contributed by atoms with Crippen LogP contribution in [0.15, 0.2) is 58.2 Å².